The first-order valence-electron chi connectivity index (χ1n) is 9.21. The molecule has 0 saturated carbocycles. The van der Waals surface area contributed by atoms with Gasteiger partial charge in [0.05, 0.1) is 17.7 Å². The van der Waals surface area contributed by atoms with Gasteiger partial charge in [-0.25, -0.2) is 8.97 Å². The van der Waals surface area contributed by atoms with E-state index in [0.29, 0.717) is 27.4 Å². The molecule has 29 heavy (non-hydrogen) atoms. The van der Waals surface area contributed by atoms with Crippen molar-refractivity contribution < 1.29 is 5.11 Å². The van der Waals surface area contributed by atoms with E-state index in [0.717, 1.165) is 35.3 Å². The maximum absolute atomic E-state index is 13.7. The molecule has 0 bridgehead atoms. The first kappa shape index (κ1) is 19.1. The fourth-order valence-corrected chi connectivity index (χ4v) is 6.01. The topological polar surface area (TPSA) is 75.7 Å². The lowest BCUT2D eigenvalue weighted by molar-refractivity contribution is 0.318. The van der Waals surface area contributed by atoms with Gasteiger partial charge in [-0.15, -0.1) is 21.5 Å². The van der Waals surface area contributed by atoms with E-state index < -0.39 is 0 Å². The van der Waals surface area contributed by atoms with Crippen LogP contribution in [0.25, 0.3) is 21.7 Å². The van der Waals surface area contributed by atoms with Crippen LogP contribution in [0.3, 0.4) is 0 Å². The maximum Gasteiger partial charge on any atom is 0.268 e. The molecule has 1 aromatic carbocycles. The molecule has 7 nitrogen and oxygen atoms in total. The molecule has 1 aliphatic rings. The molecule has 0 spiro atoms. The molecule has 3 aromatic heterocycles. The smallest absolute Gasteiger partial charge is 0.268 e. The average Bonchev–Trinajstić information content (AvgIpc) is 3.28. The van der Waals surface area contributed by atoms with Crippen molar-refractivity contribution in [2.24, 2.45) is 0 Å². The number of aliphatic hydroxyl groups excluding tert-OH is 1. The van der Waals surface area contributed by atoms with Crippen LogP contribution >= 0.6 is 34.7 Å². The highest BCUT2D eigenvalue weighted by atomic mass is 35.5. The summed E-state index contributed by atoms with van der Waals surface area (Å²) in [7, 11) is 2.09. The van der Waals surface area contributed by atoms with Gasteiger partial charge in [-0.2, -0.15) is 0 Å². The Morgan fingerprint density at radius 3 is 2.83 bits per heavy atom. The molecule has 5 rings (SSSR count). The number of halogens is 1. The minimum Gasteiger partial charge on any atom is -0.396 e. The molecule has 0 unspecified atom stereocenters. The first-order valence-corrected chi connectivity index (χ1v) is 11.4. The van der Waals surface area contributed by atoms with Crippen molar-refractivity contribution in [3.8, 4) is 5.69 Å². The van der Waals surface area contributed by atoms with Crippen LogP contribution in [-0.4, -0.2) is 55.1 Å². The van der Waals surface area contributed by atoms with Crippen molar-refractivity contribution in [1.82, 2.24) is 24.1 Å². The number of benzene rings is 1. The molecule has 0 radical (unpaired) electrons. The standard InChI is InChI=1S/C19H18ClN5O2S2/c1-23-7-6-13-14(10-23)29-17-15(13)16(27)24(12-4-2-11(20)3-5-12)18-21-22-19(25(17)18)28-9-8-26/h2-5,26H,6-10H2,1H3. The number of aromatic nitrogens is 4. The van der Waals surface area contributed by atoms with E-state index in [1.54, 1.807) is 28.0 Å². The third-order valence-corrected chi connectivity index (χ3v) is 7.44. The number of rotatable bonds is 4. The lowest BCUT2D eigenvalue weighted by Crippen LogP contribution is -2.27. The van der Waals surface area contributed by atoms with E-state index in [1.807, 2.05) is 16.5 Å². The Labute approximate surface area is 179 Å². The van der Waals surface area contributed by atoms with Gasteiger partial charge >= 0.3 is 0 Å². The largest absolute Gasteiger partial charge is 0.396 e. The number of nitrogens with zero attached hydrogens (tertiary/aromatic N) is 5. The number of hydrogen-bond donors (Lipinski definition) is 1. The molecule has 0 aliphatic carbocycles. The van der Waals surface area contributed by atoms with Gasteiger partial charge in [-0.1, -0.05) is 23.4 Å². The van der Waals surface area contributed by atoms with Crippen LogP contribution in [0.2, 0.25) is 5.02 Å². The SMILES string of the molecule is CN1CCc2c(sc3c2c(=O)n(-c2ccc(Cl)cc2)c2nnc(SCCO)n32)C1. The van der Waals surface area contributed by atoms with Gasteiger partial charge in [0.15, 0.2) is 5.16 Å². The van der Waals surface area contributed by atoms with Crippen LogP contribution < -0.4 is 5.56 Å². The first-order chi connectivity index (χ1) is 14.1. The molecule has 10 heteroatoms. The summed E-state index contributed by atoms with van der Waals surface area (Å²) in [6.07, 6.45) is 0.842. The predicted octanol–water partition coefficient (Wildman–Crippen LogP) is 2.82. The van der Waals surface area contributed by atoms with Gasteiger partial charge in [-0.05, 0) is 43.3 Å². The van der Waals surface area contributed by atoms with Gasteiger partial charge < -0.3 is 10.0 Å². The molecule has 150 valence electrons. The van der Waals surface area contributed by atoms with Crippen LogP contribution in [0.15, 0.2) is 34.2 Å². The van der Waals surface area contributed by atoms with Gasteiger partial charge in [0, 0.05) is 28.7 Å². The van der Waals surface area contributed by atoms with Crippen molar-refractivity contribution in [3.05, 3.63) is 50.1 Å². The van der Waals surface area contributed by atoms with E-state index in [4.69, 9.17) is 11.6 Å². The van der Waals surface area contributed by atoms with Crippen LogP contribution in [0.1, 0.15) is 10.4 Å². The molecule has 4 heterocycles. The minimum absolute atomic E-state index is 0.0469. The predicted molar refractivity (Wildman–Crippen MR) is 117 cm³/mol. The van der Waals surface area contributed by atoms with Crippen molar-refractivity contribution in [2.45, 2.75) is 18.1 Å². The van der Waals surface area contributed by atoms with Gasteiger partial charge in [0.2, 0.25) is 5.78 Å². The molecule has 1 aliphatic heterocycles. The summed E-state index contributed by atoms with van der Waals surface area (Å²) in [6, 6.07) is 7.16. The normalized spacial score (nSPS) is 14.7. The van der Waals surface area contributed by atoms with Gasteiger partial charge in [0.1, 0.15) is 4.83 Å². The molecular weight excluding hydrogens is 430 g/mol. The molecule has 0 fully saturated rings. The highest BCUT2D eigenvalue weighted by Crippen LogP contribution is 2.35. The monoisotopic (exact) mass is 447 g/mol. The molecule has 1 N–H and O–H groups in total. The number of thiophene rings is 1. The van der Waals surface area contributed by atoms with Crippen LogP contribution in [-0.2, 0) is 13.0 Å². The summed E-state index contributed by atoms with van der Waals surface area (Å²) in [6.45, 7) is 1.80. The van der Waals surface area contributed by atoms with Crippen molar-refractivity contribution in [2.75, 3.05) is 26.0 Å². The molecular formula is C19H18ClN5O2S2. The van der Waals surface area contributed by atoms with Crippen molar-refractivity contribution in [1.29, 1.82) is 0 Å². The number of hydrogen-bond acceptors (Lipinski definition) is 7. The zero-order valence-corrected chi connectivity index (χ0v) is 18.0. The second-order valence-electron chi connectivity index (χ2n) is 6.98. The highest BCUT2D eigenvalue weighted by Gasteiger charge is 2.26. The average molecular weight is 448 g/mol. The molecule has 4 aromatic rings. The maximum atomic E-state index is 13.7. The highest BCUT2D eigenvalue weighted by molar-refractivity contribution is 7.99. The van der Waals surface area contributed by atoms with Crippen molar-refractivity contribution in [3.63, 3.8) is 0 Å². The van der Waals surface area contributed by atoms with E-state index in [-0.39, 0.29) is 12.2 Å². The fraction of sp³-hybridized carbons (Fsp3) is 0.316. The summed E-state index contributed by atoms with van der Waals surface area (Å²) >= 11 is 9.12. The molecule has 0 atom stereocenters. The van der Waals surface area contributed by atoms with Gasteiger partial charge in [-0.3, -0.25) is 4.79 Å². The van der Waals surface area contributed by atoms with E-state index in [1.165, 1.54) is 16.6 Å². The van der Waals surface area contributed by atoms with Crippen molar-refractivity contribution >= 4 is 50.7 Å². The van der Waals surface area contributed by atoms with E-state index in [9.17, 15) is 9.90 Å². The van der Waals surface area contributed by atoms with E-state index in [2.05, 4.69) is 22.1 Å². The van der Waals surface area contributed by atoms with Crippen LogP contribution in [0, 0.1) is 0 Å². The zero-order valence-electron chi connectivity index (χ0n) is 15.6. The number of aliphatic hydroxyl groups is 1. The fourth-order valence-electron chi connectivity index (χ4n) is 3.74. The van der Waals surface area contributed by atoms with E-state index >= 15 is 0 Å². The number of likely N-dealkylation sites (N-methyl/N-ethyl adjacent to an activating group) is 1. The molecule has 0 saturated heterocycles. The summed E-state index contributed by atoms with van der Waals surface area (Å²) in [5, 5.41) is 20.0. The Balaban J connectivity index is 1.88. The lowest BCUT2D eigenvalue weighted by Gasteiger charge is -2.21. The number of fused-ring (bicyclic) bond motifs is 5. The number of thioether (sulfide) groups is 1. The minimum atomic E-state index is -0.0806. The lowest BCUT2D eigenvalue weighted by atomic mass is 10.1. The quantitative estimate of drug-likeness (QED) is 0.485. The Morgan fingerprint density at radius 2 is 2.07 bits per heavy atom. The zero-order chi connectivity index (χ0) is 20.1. The Hall–Kier alpha value is -1.91. The third kappa shape index (κ3) is 3.08. The summed E-state index contributed by atoms with van der Waals surface area (Å²) in [5.41, 5.74) is 1.75. The summed E-state index contributed by atoms with van der Waals surface area (Å²) < 4.78 is 3.56. The second kappa shape index (κ2) is 7.41. The second-order valence-corrected chi connectivity index (χ2v) is 9.56. The Bertz CT molecular complexity index is 1280. The Kier molecular flexibility index (Phi) is 4.87. The van der Waals surface area contributed by atoms with Gasteiger partial charge in [0.25, 0.3) is 5.56 Å². The van der Waals surface area contributed by atoms with Crippen LogP contribution in [0.5, 0.6) is 0 Å². The third-order valence-electron chi connectivity index (χ3n) is 5.07. The molecule has 0 amide bonds. The van der Waals surface area contributed by atoms with Crippen LogP contribution in [0.4, 0.5) is 0 Å². The summed E-state index contributed by atoms with van der Waals surface area (Å²) in [5.74, 6) is 0.980. The summed E-state index contributed by atoms with van der Waals surface area (Å²) in [4.78, 5) is 18.0. The Morgan fingerprint density at radius 1 is 1.28 bits per heavy atom.